The van der Waals surface area contributed by atoms with E-state index < -0.39 is 92.6 Å². The summed E-state index contributed by atoms with van der Waals surface area (Å²) in [5.41, 5.74) is -10.8. The minimum Gasteiger partial charge on any atom is -0.489 e. The quantitative estimate of drug-likeness (QED) is 0.0118. The molecule has 0 unspecified atom stereocenters. The predicted octanol–water partition coefficient (Wildman–Crippen LogP) is 6.47. The van der Waals surface area contributed by atoms with Crippen molar-refractivity contribution in [1.29, 1.82) is 0 Å². The Morgan fingerprint density at radius 1 is 0.925 bits per heavy atom. The minimum atomic E-state index is -6.57. The molecule has 0 spiro atoms. The summed E-state index contributed by atoms with van der Waals surface area (Å²) in [6, 6.07) is 3.46. The average Bonchev–Trinajstić information content (AvgIpc) is 3.74. The van der Waals surface area contributed by atoms with Crippen molar-refractivity contribution in [3.63, 3.8) is 0 Å². The minimum absolute atomic E-state index is 0.0575. The number of nitrogens with zero attached hydrogens (tertiary/aromatic N) is 4. The second kappa shape index (κ2) is 22.3. The number of ether oxygens (including phenoxy) is 5. The van der Waals surface area contributed by atoms with Gasteiger partial charge in [0.1, 0.15) is 54.3 Å². The standard InChI is InChI=1S/C40H51F4N7O14S2/c1-12-18-59-35(55)47-30-25(20-51(50(30)11)17-13-16-45-34(54)62-38(5,6)7)24-15-14-23(19-26(24)41)60-21-28(31(52)61-37(2,3)4)64-49-29(32(53)65-67(57,58)40(42,43)44)27-22-66-33(46-27)48-36(56)63-39(8,9)10/h12,14-15,19-20,22,28H,1,13,16-18,21H2,2-11H3,(H2,45,46,48,54,56)/p+1/b49-29-/t28-/m0/s1. The molecule has 1 atom stereocenters. The third-order valence-corrected chi connectivity index (χ3v) is 9.31. The number of esters is 1. The lowest BCUT2D eigenvalue weighted by atomic mass is 10.1. The first-order valence-electron chi connectivity index (χ1n) is 19.8. The lowest BCUT2D eigenvalue weighted by molar-refractivity contribution is -0.740. The number of nitrogens with one attached hydrogen (secondary N) is 3. The van der Waals surface area contributed by atoms with Crippen LogP contribution in [0.5, 0.6) is 5.75 Å². The molecule has 21 nitrogen and oxygen atoms in total. The zero-order valence-corrected chi connectivity index (χ0v) is 39.7. The van der Waals surface area contributed by atoms with E-state index in [-0.39, 0.29) is 47.5 Å². The molecule has 27 heteroatoms. The number of benzene rings is 1. The van der Waals surface area contributed by atoms with Crippen molar-refractivity contribution in [1.82, 2.24) is 15.0 Å². The summed E-state index contributed by atoms with van der Waals surface area (Å²) in [7, 11) is -4.99. The van der Waals surface area contributed by atoms with Crippen molar-refractivity contribution in [3.05, 3.63) is 53.9 Å². The number of alkyl halides is 3. The Morgan fingerprint density at radius 3 is 2.13 bits per heavy atom. The number of aromatic nitrogens is 3. The van der Waals surface area contributed by atoms with Crippen LogP contribution in [-0.4, -0.2) is 102 Å². The van der Waals surface area contributed by atoms with Crippen LogP contribution in [0.3, 0.4) is 0 Å². The number of hydrogen-bond donors (Lipinski definition) is 3. The van der Waals surface area contributed by atoms with E-state index in [9.17, 15) is 45.6 Å². The Labute approximate surface area is 386 Å². The number of alkyl carbamates (subject to hydrolysis) is 1. The van der Waals surface area contributed by atoms with Crippen molar-refractivity contribution in [2.24, 2.45) is 12.2 Å². The summed E-state index contributed by atoms with van der Waals surface area (Å²) in [6.07, 6.45) is -1.26. The molecule has 1 aromatic carbocycles. The molecule has 0 saturated heterocycles. The van der Waals surface area contributed by atoms with Gasteiger partial charge in [0.15, 0.2) is 5.13 Å². The first-order valence-corrected chi connectivity index (χ1v) is 22.1. The number of rotatable bonds is 18. The van der Waals surface area contributed by atoms with Gasteiger partial charge in [-0.1, -0.05) is 17.8 Å². The maximum atomic E-state index is 16.1. The van der Waals surface area contributed by atoms with Gasteiger partial charge in [-0.15, -0.1) is 11.3 Å². The number of anilines is 2. The lowest BCUT2D eigenvalue weighted by Crippen LogP contribution is -2.42. The monoisotopic (exact) mass is 994 g/mol. The van der Waals surface area contributed by atoms with Crippen molar-refractivity contribution in [2.75, 3.05) is 30.4 Å². The van der Waals surface area contributed by atoms with Crippen LogP contribution in [0.15, 0.2) is 47.6 Å². The van der Waals surface area contributed by atoms with E-state index in [1.165, 1.54) is 49.9 Å². The van der Waals surface area contributed by atoms with E-state index in [1.54, 1.807) is 53.3 Å². The fourth-order valence-electron chi connectivity index (χ4n) is 4.98. The van der Waals surface area contributed by atoms with Gasteiger partial charge in [0, 0.05) is 23.6 Å². The highest BCUT2D eigenvalue weighted by atomic mass is 32.2. The Hall–Kier alpha value is -6.51. The van der Waals surface area contributed by atoms with E-state index in [0.717, 1.165) is 11.4 Å². The van der Waals surface area contributed by atoms with Crippen LogP contribution >= 0.6 is 11.3 Å². The Balaban J connectivity index is 1.97. The molecule has 0 fully saturated rings. The predicted molar refractivity (Wildman–Crippen MR) is 231 cm³/mol. The zero-order chi connectivity index (χ0) is 50.7. The fraction of sp³-hybridized carbons (Fsp3) is 0.500. The molecule has 0 radical (unpaired) electrons. The number of carbonyl (C=O) groups is 5. The van der Waals surface area contributed by atoms with E-state index >= 15 is 4.39 Å². The Morgan fingerprint density at radius 2 is 1.55 bits per heavy atom. The molecule has 0 aliphatic heterocycles. The topological polar surface area (TPSA) is 254 Å². The second-order valence-electron chi connectivity index (χ2n) is 16.8. The van der Waals surface area contributed by atoms with Gasteiger partial charge in [-0.2, -0.15) is 36.4 Å². The first kappa shape index (κ1) is 54.8. The van der Waals surface area contributed by atoms with Crippen LogP contribution in [0.1, 0.15) is 74.4 Å². The SMILES string of the molecule is C=CCOC(=O)Nc1c(-c2ccc(OC[C@H](O/N=C(\C(=O)OS(=O)(=O)C(F)(F)F)c3csc(NC(=O)OC(C)(C)C)n3)C(=O)OC(C)(C)C)cc2F)cn(CCCNC(=O)OC(C)(C)C)[n+]1C. The van der Waals surface area contributed by atoms with Crippen LogP contribution in [0.4, 0.5) is 42.9 Å². The van der Waals surface area contributed by atoms with Gasteiger partial charge in [-0.25, -0.2) is 33.2 Å². The molecule has 3 rings (SSSR count). The van der Waals surface area contributed by atoms with Gasteiger partial charge in [0.2, 0.25) is 5.71 Å². The average molecular weight is 995 g/mol. The van der Waals surface area contributed by atoms with Crippen molar-refractivity contribution < 1.29 is 87.3 Å². The van der Waals surface area contributed by atoms with Gasteiger partial charge in [-0.3, -0.25) is 5.32 Å². The molecular formula is C40H52F4N7O14S2+. The number of aryl methyl sites for hydroxylation is 1. The first-order chi connectivity index (χ1) is 30.8. The van der Waals surface area contributed by atoms with E-state index in [1.807, 2.05) is 0 Å². The van der Waals surface area contributed by atoms with Crippen LogP contribution in [-0.2, 0) is 61.3 Å². The smallest absolute Gasteiger partial charge is 0.489 e. The highest BCUT2D eigenvalue weighted by molar-refractivity contribution is 7.88. The number of oxime groups is 1. The second-order valence-corrected chi connectivity index (χ2v) is 19.2. The molecule has 0 aliphatic rings. The fourth-order valence-corrected chi connectivity index (χ4v) is 6.03. The molecule has 0 saturated carbocycles. The third kappa shape index (κ3) is 17.7. The molecule has 3 amide bonds. The van der Waals surface area contributed by atoms with Crippen LogP contribution in [0.2, 0.25) is 0 Å². The number of hydrogen-bond acceptors (Lipinski definition) is 17. The van der Waals surface area contributed by atoms with Gasteiger partial charge in [-0.05, 0) is 80.9 Å². The normalized spacial score (nSPS) is 12.8. The maximum absolute atomic E-state index is 16.1. The number of halogens is 4. The third-order valence-electron chi connectivity index (χ3n) is 7.62. The summed E-state index contributed by atoms with van der Waals surface area (Å²) in [4.78, 5) is 72.4. The molecule has 2 heterocycles. The maximum Gasteiger partial charge on any atom is 0.534 e. The summed E-state index contributed by atoms with van der Waals surface area (Å²) < 4.78 is 113. The number of amides is 3. The molecule has 370 valence electrons. The van der Waals surface area contributed by atoms with E-state index in [0.29, 0.717) is 17.8 Å². The molecule has 67 heavy (non-hydrogen) atoms. The van der Waals surface area contributed by atoms with Crippen LogP contribution < -0.4 is 25.4 Å². The van der Waals surface area contributed by atoms with E-state index in [4.69, 9.17) is 28.5 Å². The molecule has 3 N–H and O–H groups in total. The molecule has 2 aromatic heterocycles. The summed E-state index contributed by atoms with van der Waals surface area (Å²) >= 11 is 0.603. The Bertz CT molecular complexity index is 2440. The van der Waals surface area contributed by atoms with Gasteiger partial charge < -0.3 is 38.0 Å². The molecule has 3 aromatic rings. The van der Waals surface area contributed by atoms with Crippen molar-refractivity contribution in [2.45, 2.75) is 104 Å². The van der Waals surface area contributed by atoms with E-state index in [2.05, 4.69) is 36.9 Å². The summed E-state index contributed by atoms with van der Waals surface area (Å²) in [5.74, 6) is -4.51. The van der Waals surface area contributed by atoms with Crippen LogP contribution in [0.25, 0.3) is 11.1 Å². The van der Waals surface area contributed by atoms with Gasteiger partial charge in [0.25, 0.3) is 6.10 Å². The van der Waals surface area contributed by atoms with Crippen molar-refractivity contribution in [3.8, 4) is 16.9 Å². The largest absolute Gasteiger partial charge is 0.534 e. The molecule has 0 aliphatic carbocycles. The molecular weight excluding hydrogens is 943 g/mol. The molecule has 0 bridgehead atoms. The van der Waals surface area contributed by atoms with Crippen molar-refractivity contribution >= 4 is 68.3 Å². The van der Waals surface area contributed by atoms with Crippen LogP contribution in [0, 0.1) is 5.82 Å². The van der Waals surface area contributed by atoms with Gasteiger partial charge >= 0.3 is 51.7 Å². The highest BCUT2D eigenvalue weighted by Gasteiger charge is 2.50. The zero-order valence-electron chi connectivity index (χ0n) is 38.1. The highest BCUT2D eigenvalue weighted by Crippen LogP contribution is 2.32. The lowest BCUT2D eigenvalue weighted by Gasteiger charge is -2.23. The summed E-state index contributed by atoms with van der Waals surface area (Å²) in [5, 5.41) is 11.5. The Kier molecular flexibility index (Phi) is 18.3. The van der Waals surface area contributed by atoms with Gasteiger partial charge in [0.05, 0.1) is 18.3 Å². The number of carbonyl (C=O) groups excluding carboxylic acids is 5. The summed E-state index contributed by atoms with van der Waals surface area (Å²) in [6.45, 7) is 17.2. The number of thiazole rings is 1.